The molecular formula is C23H38N4O2. The molecule has 0 aromatic heterocycles. The van der Waals surface area contributed by atoms with E-state index in [9.17, 15) is 0 Å². The Kier molecular flexibility index (Phi) is 9.09. The summed E-state index contributed by atoms with van der Waals surface area (Å²) in [4.78, 5) is 7.20. The highest BCUT2D eigenvalue weighted by molar-refractivity contribution is 5.80. The van der Waals surface area contributed by atoms with Crippen molar-refractivity contribution >= 4 is 11.6 Å². The molecule has 0 aliphatic carbocycles. The molecule has 3 rings (SSSR count). The first-order chi connectivity index (χ1) is 14.3. The van der Waals surface area contributed by atoms with Gasteiger partial charge in [0.2, 0.25) is 0 Å². The maximum Gasteiger partial charge on any atom is 0.191 e. The van der Waals surface area contributed by atoms with Gasteiger partial charge in [0.25, 0.3) is 0 Å². The van der Waals surface area contributed by atoms with Crippen LogP contribution in [0, 0.1) is 0 Å². The fourth-order valence-corrected chi connectivity index (χ4v) is 3.92. The van der Waals surface area contributed by atoms with Crippen LogP contribution in [0.5, 0.6) is 0 Å². The fraction of sp³-hybridized carbons (Fsp3) is 0.696. The van der Waals surface area contributed by atoms with Gasteiger partial charge in [-0.25, -0.2) is 0 Å². The summed E-state index contributed by atoms with van der Waals surface area (Å²) in [5.41, 5.74) is 2.62. The lowest BCUT2D eigenvalue weighted by Crippen LogP contribution is -2.38. The number of guanidine groups is 1. The summed E-state index contributed by atoms with van der Waals surface area (Å²) < 4.78 is 11.3. The van der Waals surface area contributed by atoms with Gasteiger partial charge in [-0.1, -0.05) is 12.1 Å². The number of nitrogens with zero attached hydrogens (tertiary/aromatic N) is 2. The zero-order valence-corrected chi connectivity index (χ0v) is 18.2. The van der Waals surface area contributed by atoms with Gasteiger partial charge in [0.05, 0.1) is 18.8 Å². The topological polar surface area (TPSA) is 58.1 Å². The lowest BCUT2D eigenvalue weighted by atomic mass is 10.1. The minimum absolute atomic E-state index is 0.200. The van der Waals surface area contributed by atoms with E-state index in [1.807, 2.05) is 0 Å². The smallest absolute Gasteiger partial charge is 0.191 e. The summed E-state index contributed by atoms with van der Waals surface area (Å²) in [6.45, 7) is 10.6. The largest absolute Gasteiger partial charge is 0.379 e. The van der Waals surface area contributed by atoms with Crippen molar-refractivity contribution in [3.63, 3.8) is 0 Å². The molecule has 2 heterocycles. The molecule has 0 bridgehead atoms. The first-order valence-electron chi connectivity index (χ1n) is 11.4. The third-order valence-electron chi connectivity index (χ3n) is 5.58. The average molecular weight is 403 g/mol. The van der Waals surface area contributed by atoms with Crippen molar-refractivity contribution in [2.75, 3.05) is 50.9 Å². The van der Waals surface area contributed by atoms with E-state index in [0.29, 0.717) is 12.7 Å². The molecule has 6 heteroatoms. The second-order valence-electron chi connectivity index (χ2n) is 7.98. The number of rotatable bonds is 10. The van der Waals surface area contributed by atoms with Gasteiger partial charge < -0.3 is 25.0 Å². The van der Waals surface area contributed by atoms with Gasteiger partial charge in [-0.3, -0.25) is 4.99 Å². The van der Waals surface area contributed by atoms with Gasteiger partial charge in [-0.2, -0.15) is 0 Å². The van der Waals surface area contributed by atoms with Crippen molar-refractivity contribution in [1.82, 2.24) is 10.6 Å². The van der Waals surface area contributed by atoms with Gasteiger partial charge in [0, 0.05) is 45.1 Å². The van der Waals surface area contributed by atoms with Crippen LogP contribution in [0.15, 0.2) is 29.3 Å². The van der Waals surface area contributed by atoms with Gasteiger partial charge in [-0.15, -0.1) is 0 Å². The first-order valence-corrected chi connectivity index (χ1v) is 11.4. The number of benzene rings is 1. The third-order valence-corrected chi connectivity index (χ3v) is 5.58. The van der Waals surface area contributed by atoms with Crippen LogP contribution in [0.2, 0.25) is 0 Å². The number of ether oxygens (including phenoxy) is 2. The maximum absolute atomic E-state index is 5.73. The van der Waals surface area contributed by atoms with Gasteiger partial charge >= 0.3 is 0 Å². The number of anilines is 1. The van der Waals surface area contributed by atoms with Crippen LogP contribution in [0.4, 0.5) is 5.69 Å². The summed E-state index contributed by atoms with van der Waals surface area (Å²) >= 11 is 0. The van der Waals surface area contributed by atoms with E-state index in [4.69, 9.17) is 14.5 Å². The van der Waals surface area contributed by atoms with Crippen molar-refractivity contribution in [1.29, 1.82) is 0 Å². The van der Waals surface area contributed by atoms with Crippen molar-refractivity contribution in [2.24, 2.45) is 4.99 Å². The molecule has 0 saturated carbocycles. The number of hydrogen-bond donors (Lipinski definition) is 2. The van der Waals surface area contributed by atoms with Crippen molar-refractivity contribution in [3.8, 4) is 0 Å². The lowest BCUT2D eigenvalue weighted by Gasteiger charge is -2.22. The minimum atomic E-state index is 0.200. The highest BCUT2D eigenvalue weighted by Crippen LogP contribution is 2.23. The second kappa shape index (κ2) is 12.0. The van der Waals surface area contributed by atoms with Crippen molar-refractivity contribution in [2.45, 2.75) is 58.1 Å². The van der Waals surface area contributed by atoms with E-state index in [-0.39, 0.29) is 6.04 Å². The van der Waals surface area contributed by atoms with Crippen molar-refractivity contribution in [3.05, 3.63) is 29.8 Å². The minimum Gasteiger partial charge on any atom is -0.379 e. The highest BCUT2D eigenvalue weighted by atomic mass is 16.5. The lowest BCUT2D eigenvalue weighted by molar-refractivity contribution is 0.0171. The van der Waals surface area contributed by atoms with E-state index < -0.39 is 0 Å². The van der Waals surface area contributed by atoms with Crippen LogP contribution in [0.25, 0.3) is 0 Å². The normalized spacial score (nSPS) is 20.8. The Bertz CT molecular complexity index is 625. The Morgan fingerprint density at radius 3 is 2.93 bits per heavy atom. The molecule has 2 atom stereocenters. The molecule has 6 nitrogen and oxygen atoms in total. The molecule has 2 unspecified atom stereocenters. The van der Waals surface area contributed by atoms with E-state index in [1.165, 1.54) is 37.2 Å². The molecular weight excluding hydrogens is 364 g/mol. The quantitative estimate of drug-likeness (QED) is 0.356. The number of nitrogens with one attached hydrogen (secondary N) is 2. The van der Waals surface area contributed by atoms with Gasteiger partial charge in [0.1, 0.15) is 0 Å². The highest BCUT2D eigenvalue weighted by Gasteiger charge is 2.15. The van der Waals surface area contributed by atoms with E-state index in [1.54, 1.807) is 0 Å². The molecule has 2 saturated heterocycles. The number of hydrogen-bond acceptors (Lipinski definition) is 4. The summed E-state index contributed by atoms with van der Waals surface area (Å²) in [5, 5.41) is 6.90. The molecule has 2 aliphatic rings. The fourth-order valence-electron chi connectivity index (χ4n) is 3.92. The molecule has 0 spiro atoms. The Balaban J connectivity index is 1.44. The molecule has 2 fully saturated rings. The van der Waals surface area contributed by atoms with E-state index in [2.05, 4.69) is 53.6 Å². The molecule has 0 radical (unpaired) electrons. The van der Waals surface area contributed by atoms with E-state index >= 15 is 0 Å². The predicted molar refractivity (Wildman–Crippen MR) is 120 cm³/mol. The van der Waals surface area contributed by atoms with E-state index in [0.717, 1.165) is 51.5 Å². The zero-order chi connectivity index (χ0) is 20.3. The van der Waals surface area contributed by atoms with Crippen LogP contribution >= 0.6 is 0 Å². The molecule has 1 aromatic carbocycles. The number of aliphatic imine (C=N–C) groups is 1. The third kappa shape index (κ3) is 7.19. The van der Waals surface area contributed by atoms with Crippen LogP contribution in [-0.4, -0.2) is 58.1 Å². The summed E-state index contributed by atoms with van der Waals surface area (Å²) in [7, 11) is 0. The SMILES string of the molecule is CCNC(=NCCCOCC1CCCO1)NC(C)c1cccc(N2CCCC2)c1. The van der Waals surface area contributed by atoms with Gasteiger partial charge in [0.15, 0.2) is 5.96 Å². The second-order valence-corrected chi connectivity index (χ2v) is 7.98. The maximum atomic E-state index is 5.73. The molecule has 29 heavy (non-hydrogen) atoms. The molecule has 0 amide bonds. The molecule has 162 valence electrons. The Hall–Kier alpha value is -1.79. The van der Waals surface area contributed by atoms with Crippen LogP contribution in [0.3, 0.4) is 0 Å². The zero-order valence-electron chi connectivity index (χ0n) is 18.2. The van der Waals surface area contributed by atoms with Crippen LogP contribution in [-0.2, 0) is 9.47 Å². The van der Waals surface area contributed by atoms with Crippen LogP contribution < -0.4 is 15.5 Å². The average Bonchev–Trinajstić information content (AvgIpc) is 3.45. The van der Waals surface area contributed by atoms with Crippen molar-refractivity contribution < 1.29 is 9.47 Å². The molecule has 1 aromatic rings. The summed E-state index contributed by atoms with van der Waals surface area (Å²) in [5.74, 6) is 0.866. The Morgan fingerprint density at radius 2 is 2.17 bits per heavy atom. The summed E-state index contributed by atoms with van der Waals surface area (Å²) in [6.07, 6.45) is 6.11. The Labute approximate surface area is 176 Å². The van der Waals surface area contributed by atoms with Crippen LogP contribution in [0.1, 0.15) is 57.6 Å². The predicted octanol–water partition coefficient (Wildman–Crippen LogP) is 3.49. The standard InChI is InChI=1S/C23H38N4O2/c1-3-24-23(25-12-8-15-28-18-22-11-7-16-29-22)26-19(2)20-9-6-10-21(17-20)27-13-4-5-14-27/h6,9-10,17,19,22H,3-5,7-8,11-16,18H2,1-2H3,(H2,24,25,26). The molecule has 2 aliphatic heterocycles. The Morgan fingerprint density at radius 1 is 1.31 bits per heavy atom. The first kappa shape index (κ1) is 21.9. The molecule has 2 N–H and O–H groups in total. The monoisotopic (exact) mass is 402 g/mol. The van der Waals surface area contributed by atoms with Gasteiger partial charge in [-0.05, 0) is 63.6 Å². The summed E-state index contributed by atoms with van der Waals surface area (Å²) in [6, 6.07) is 9.09.